The van der Waals surface area contributed by atoms with Crippen molar-refractivity contribution in [3.05, 3.63) is 101 Å². The average Bonchev–Trinajstić information content (AvgIpc) is 3.30. The molecular weight excluding hydrogens is 487 g/mol. The summed E-state index contributed by atoms with van der Waals surface area (Å²) in [6.07, 6.45) is 8.79. The maximum atomic E-state index is 13.6. The predicted molar refractivity (Wildman–Crippen MR) is 145 cm³/mol. The summed E-state index contributed by atoms with van der Waals surface area (Å²) in [4.78, 5) is 4.61. The third kappa shape index (κ3) is 5.45. The number of fused-ring (bicyclic) bond motifs is 1. The first-order valence-electron chi connectivity index (χ1n) is 11.8. The molecule has 0 saturated heterocycles. The van der Waals surface area contributed by atoms with E-state index in [1.54, 1.807) is 36.8 Å². The molecule has 10 heteroatoms. The van der Waals surface area contributed by atoms with E-state index in [9.17, 15) is 4.39 Å². The minimum Gasteiger partial charge on any atom is -0.350 e. The Morgan fingerprint density at radius 3 is 2.68 bits per heavy atom. The number of nitrogens with zero attached hydrogens (tertiary/aromatic N) is 5. The Kier molecular flexibility index (Phi) is 7.11. The fraction of sp³-hybridized carbons (Fsp3) is 0.148. The van der Waals surface area contributed by atoms with Gasteiger partial charge in [0.2, 0.25) is 0 Å². The normalized spacial score (nSPS) is 13.5. The quantitative estimate of drug-likeness (QED) is 0.268. The van der Waals surface area contributed by atoms with Gasteiger partial charge < -0.3 is 10.6 Å². The van der Waals surface area contributed by atoms with Crippen molar-refractivity contribution in [1.82, 2.24) is 35.2 Å². The largest absolute Gasteiger partial charge is 0.350 e. The monoisotopic (exact) mass is 512 g/mol. The van der Waals surface area contributed by atoms with Gasteiger partial charge in [0.25, 0.3) is 0 Å². The topological polar surface area (TPSA) is 96.4 Å². The summed E-state index contributed by atoms with van der Waals surface area (Å²) in [6, 6.07) is 13.5. The number of aromatic nitrogens is 5. The Bertz CT molecular complexity index is 1550. The van der Waals surface area contributed by atoms with Crippen LogP contribution in [0, 0.1) is 11.2 Å². The minimum absolute atomic E-state index is 0.230. The number of benzene rings is 1. The molecule has 0 bridgehead atoms. The standard InChI is InChI=1S/C27H25FN8S/c1-18(32-27(37)20-10-12-30-13-11-20)3-2-15-36-24(29)9-8-22(33-36)25-23-17-31-14-16-35(23)34-26(25)19-4-6-21(28)7-5-19/h2-13,15,29,31H,14,16-17H2,1H3,(H,32,37)/b15-2+,18-3+,29-24?. The van der Waals surface area contributed by atoms with Crippen LogP contribution in [0.3, 0.4) is 0 Å². The van der Waals surface area contributed by atoms with Crippen molar-refractivity contribution in [1.29, 1.82) is 5.41 Å². The lowest BCUT2D eigenvalue weighted by atomic mass is 10.0. The Hall–Kier alpha value is -4.28. The van der Waals surface area contributed by atoms with E-state index in [-0.39, 0.29) is 11.3 Å². The van der Waals surface area contributed by atoms with Crippen LogP contribution in [0.1, 0.15) is 18.2 Å². The summed E-state index contributed by atoms with van der Waals surface area (Å²) in [5.74, 6) is -0.296. The van der Waals surface area contributed by atoms with Gasteiger partial charge in [0.15, 0.2) is 0 Å². The molecular formula is C27H25FN8S. The number of rotatable bonds is 6. The van der Waals surface area contributed by atoms with Crippen LogP contribution in [0.15, 0.2) is 78.8 Å². The molecule has 8 nitrogen and oxygen atoms in total. The van der Waals surface area contributed by atoms with Crippen LogP contribution in [0.2, 0.25) is 0 Å². The highest BCUT2D eigenvalue weighted by atomic mass is 32.1. The molecule has 0 spiro atoms. The Morgan fingerprint density at radius 2 is 1.89 bits per heavy atom. The second-order valence-electron chi connectivity index (χ2n) is 8.51. The van der Waals surface area contributed by atoms with E-state index >= 15 is 0 Å². The molecule has 0 fully saturated rings. The first-order chi connectivity index (χ1) is 18.0. The molecule has 186 valence electrons. The lowest BCUT2D eigenvalue weighted by molar-refractivity contribution is 0.477. The summed E-state index contributed by atoms with van der Waals surface area (Å²) in [6.45, 7) is 4.12. The lowest BCUT2D eigenvalue weighted by Gasteiger charge is -2.16. The number of thiocarbonyl (C=S) groups is 1. The third-order valence-electron chi connectivity index (χ3n) is 5.91. The van der Waals surface area contributed by atoms with E-state index in [1.165, 1.54) is 16.8 Å². The van der Waals surface area contributed by atoms with Crippen LogP contribution in [-0.4, -0.2) is 36.1 Å². The van der Waals surface area contributed by atoms with Crippen molar-refractivity contribution in [3.63, 3.8) is 0 Å². The van der Waals surface area contributed by atoms with Crippen LogP contribution in [0.25, 0.3) is 28.7 Å². The van der Waals surface area contributed by atoms with Crippen molar-refractivity contribution < 1.29 is 4.39 Å². The maximum Gasteiger partial charge on any atom is 0.146 e. The molecule has 0 radical (unpaired) electrons. The molecule has 0 amide bonds. The number of allylic oxidation sites excluding steroid dienone is 3. The molecule has 5 rings (SSSR count). The van der Waals surface area contributed by atoms with Crippen molar-refractivity contribution in [2.45, 2.75) is 20.0 Å². The minimum atomic E-state index is -0.296. The van der Waals surface area contributed by atoms with Gasteiger partial charge in [-0.05, 0) is 67.6 Å². The average molecular weight is 513 g/mol. The van der Waals surface area contributed by atoms with Gasteiger partial charge in [-0.2, -0.15) is 10.2 Å². The number of halogens is 1. The highest BCUT2D eigenvalue weighted by molar-refractivity contribution is 7.80. The van der Waals surface area contributed by atoms with E-state index in [0.717, 1.165) is 46.9 Å². The van der Waals surface area contributed by atoms with E-state index in [0.29, 0.717) is 17.2 Å². The Balaban J connectivity index is 1.45. The van der Waals surface area contributed by atoms with Crippen molar-refractivity contribution >= 4 is 23.4 Å². The van der Waals surface area contributed by atoms with Crippen LogP contribution in [-0.2, 0) is 13.1 Å². The fourth-order valence-electron chi connectivity index (χ4n) is 4.08. The highest BCUT2D eigenvalue weighted by Crippen LogP contribution is 2.34. The zero-order valence-electron chi connectivity index (χ0n) is 20.1. The van der Waals surface area contributed by atoms with Gasteiger partial charge in [-0.3, -0.25) is 15.1 Å². The molecule has 1 aliphatic rings. The number of nitrogens with one attached hydrogen (secondary N) is 3. The molecule has 1 aromatic carbocycles. The predicted octanol–water partition coefficient (Wildman–Crippen LogP) is 3.87. The molecule has 37 heavy (non-hydrogen) atoms. The van der Waals surface area contributed by atoms with Crippen LogP contribution < -0.4 is 16.1 Å². The lowest BCUT2D eigenvalue weighted by Crippen LogP contribution is -2.28. The summed E-state index contributed by atoms with van der Waals surface area (Å²) >= 11 is 5.45. The molecule has 0 unspecified atom stereocenters. The van der Waals surface area contributed by atoms with Crippen LogP contribution in [0.5, 0.6) is 0 Å². The van der Waals surface area contributed by atoms with Gasteiger partial charge in [-0.15, -0.1) is 0 Å². The van der Waals surface area contributed by atoms with Gasteiger partial charge in [-0.1, -0.05) is 12.2 Å². The maximum absolute atomic E-state index is 13.6. The molecule has 1 aliphatic heterocycles. The molecule has 4 aromatic rings. The summed E-state index contributed by atoms with van der Waals surface area (Å²) in [5.41, 5.74) is 6.08. The van der Waals surface area contributed by atoms with E-state index in [4.69, 9.17) is 27.8 Å². The van der Waals surface area contributed by atoms with Crippen LogP contribution in [0.4, 0.5) is 4.39 Å². The fourth-order valence-corrected chi connectivity index (χ4v) is 4.38. The summed E-state index contributed by atoms with van der Waals surface area (Å²) in [5, 5.41) is 24.5. The smallest absolute Gasteiger partial charge is 0.146 e. The van der Waals surface area contributed by atoms with E-state index in [1.807, 2.05) is 42.0 Å². The SMILES string of the molecule is C/C(=C\C=C\n1nc(-c2c(-c3ccc(F)cc3)nn3c2CNCC3)ccc1=N)NC(=S)c1ccncc1. The summed E-state index contributed by atoms with van der Waals surface area (Å²) in [7, 11) is 0. The van der Waals surface area contributed by atoms with Gasteiger partial charge >= 0.3 is 0 Å². The van der Waals surface area contributed by atoms with Crippen molar-refractivity contribution in [2.75, 3.05) is 6.54 Å². The number of hydrogen-bond donors (Lipinski definition) is 3. The molecule has 4 heterocycles. The zero-order chi connectivity index (χ0) is 25.8. The van der Waals surface area contributed by atoms with Crippen molar-refractivity contribution in [3.8, 4) is 22.5 Å². The third-order valence-corrected chi connectivity index (χ3v) is 6.25. The van der Waals surface area contributed by atoms with Gasteiger partial charge in [0.05, 0.1) is 23.5 Å². The van der Waals surface area contributed by atoms with Gasteiger partial charge in [0, 0.05) is 48.5 Å². The van der Waals surface area contributed by atoms with Crippen LogP contribution >= 0.6 is 12.2 Å². The summed E-state index contributed by atoms with van der Waals surface area (Å²) < 4.78 is 17.1. The molecule has 0 aliphatic carbocycles. The van der Waals surface area contributed by atoms with Crippen molar-refractivity contribution in [2.24, 2.45) is 0 Å². The second kappa shape index (κ2) is 10.8. The molecule has 0 atom stereocenters. The second-order valence-corrected chi connectivity index (χ2v) is 8.91. The first-order valence-corrected chi connectivity index (χ1v) is 12.2. The molecule has 3 N–H and O–H groups in total. The van der Waals surface area contributed by atoms with E-state index in [2.05, 4.69) is 15.6 Å². The molecule has 3 aromatic heterocycles. The van der Waals surface area contributed by atoms with E-state index < -0.39 is 0 Å². The Morgan fingerprint density at radius 1 is 1.11 bits per heavy atom. The number of hydrogen-bond acceptors (Lipinski definition) is 6. The van der Waals surface area contributed by atoms with Gasteiger partial charge in [-0.25, -0.2) is 9.07 Å². The first kappa shape index (κ1) is 24.4. The highest BCUT2D eigenvalue weighted by Gasteiger charge is 2.23. The Labute approximate surface area is 218 Å². The zero-order valence-corrected chi connectivity index (χ0v) is 21.0. The van der Waals surface area contributed by atoms with Gasteiger partial charge in [0.1, 0.15) is 22.0 Å². The molecule has 0 saturated carbocycles. The number of pyridine rings is 1.